The molecular formula is C15H10N2O2S. The van der Waals surface area contributed by atoms with Crippen LogP contribution in [0.5, 0.6) is 0 Å². The maximum atomic E-state index is 9.38. The molecule has 0 atom stereocenters. The summed E-state index contributed by atoms with van der Waals surface area (Å²) in [7, 11) is 0. The van der Waals surface area contributed by atoms with Gasteiger partial charge in [0, 0.05) is 4.90 Å². The molecule has 3 aromatic rings. The second kappa shape index (κ2) is 5.27. The third-order valence-electron chi connectivity index (χ3n) is 2.84. The van der Waals surface area contributed by atoms with Crippen LogP contribution in [0.25, 0.3) is 22.9 Å². The maximum absolute atomic E-state index is 9.38. The van der Waals surface area contributed by atoms with Gasteiger partial charge in [0.25, 0.3) is 0 Å². The summed E-state index contributed by atoms with van der Waals surface area (Å²) in [4.78, 5) is 5.36. The lowest BCUT2D eigenvalue weighted by molar-refractivity contribution is 0.575. The minimum absolute atomic E-state index is 0.516. The number of nitrogens with zero attached hydrogens (tertiary/aromatic N) is 2. The van der Waals surface area contributed by atoms with E-state index in [1.54, 1.807) is 30.7 Å². The Labute approximate surface area is 120 Å². The number of pyridine rings is 1. The third kappa shape index (κ3) is 2.10. The molecule has 0 bridgehead atoms. The van der Waals surface area contributed by atoms with E-state index < -0.39 is 0 Å². The van der Waals surface area contributed by atoms with Crippen molar-refractivity contribution in [2.75, 3.05) is 6.26 Å². The Morgan fingerprint density at radius 3 is 2.40 bits per heavy atom. The van der Waals surface area contributed by atoms with Crippen molar-refractivity contribution in [3.8, 4) is 29.0 Å². The van der Waals surface area contributed by atoms with Gasteiger partial charge < -0.3 is 8.83 Å². The topological polar surface area (TPSA) is 63.0 Å². The summed E-state index contributed by atoms with van der Waals surface area (Å²) in [6.45, 7) is 0. The molecule has 20 heavy (non-hydrogen) atoms. The van der Waals surface area contributed by atoms with E-state index in [-0.39, 0.29) is 0 Å². The molecule has 0 unspecified atom stereocenters. The summed E-state index contributed by atoms with van der Waals surface area (Å²) in [6, 6.07) is 11.3. The van der Waals surface area contributed by atoms with Gasteiger partial charge in [0.2, 0.25) is 0 Å². The fraction of sp³-hybridized carbons (Fsp3) is 0.0667. The molecule has 5 heteroatoms. The summed E-state index contributed by atoms with van der Waals surface area (Å²) < 4.78 is 10.8. The number of rotatable bonds is 3. The molecule has 4 nitrogen and oxygen atoms in total. The number of nitriles is 1. The van der Waals surface area contributed by atoms with Crippen molar-refractivity contribution in [2.45, 2.75) is 4.90 Å². The van der Waals surface area contributed by atoms with Crippen LogP contribution in [0.2, 0.25) is 0 Å². The first-order valence-electron chi connectivity index (χ1n) is 5.90. The minimum atomic E-state index is 0.516. The fourth-order valence-corrected chi connectivity index (χ4v) is 2.51. The summed E-state index contributed by atoms with van der Waals surface area (Å²) >= 11 is 1.50. The highest BCUT2D eigenvalue weighted by Crippen LogP contribution is 2.33. The highest BCUT2D eigenvalue weighted by Gasteiger charge is 2.17. The van der Waals surface area contributed by atoms with Crippen LogP contribution in [0.4, 0.5) is 0 Å². The number of hydrogen-bond donors (Lipinski definition) is 0. The molecule has 0 spiro atoms. The lowest BCUT2D eigenvalue weighted by atomic mass is 10.1. The van der Waals surface area contributed by atoms with Gasteiger partial charge in [-0.05, 0) is 36.6 Å². The van der Waals surface area contributed by atoms with Crippen molar-refractivity contribution >= 4 is 11.8 Å². The standard InChI is InChI=1S/C15H10N2O2S/c1-20-14-8-11(12-4-2-6-18-12)17-15(10(14)9-16)13-5-3-7-19-13/h2-8H,1H3. The average Bonchev–Trinajstić information content (AvgIpc) is 3.18. The number of thioether (sulfide) groups is 1. The van der Waals surface area contributed by atoms with E-state index in [0.29, 0.717) is 28.5 Å². The quantitative estimate of drug-likeness (QED) is 0.674. The van der Waals surface area contributed by atoms with Gasteiger partial charge in [-0.2, -0.15) is 5.26 Å². The van der Waals surface area contributed by atoms with Crippen LogP contribution in [0.15, 0.2) is 56.6 Å². The van der Waals surface area contributed by atoms with Gasteiger partial charge in [0.1, 0.15) is 17.5 Å². The van der Waals surface area contributed by atoms with Gasteiger partial charge >= 0.3 is 0 Å². The Balaban J connectivity index is 2.26. The van der Waals surface area contributed by atoms with Gasteiger partial charge in [-0.3, -0.25) is 0 Å². The average molecular weight is 282 g/mol. The molecule has 0 N–H and O–H groups in total. The zero-order chi connectivity index (χ0) is 13.9. The van der Waals surface area contributed by atoms with Crippen molar-refractivity contribution in [1.82, 2.24) is 4.98 Å². The van der Waals surface area contributed by atoms with Gasteiger partial charge in [-0.1, -0.05) is 0 Å². The zero-order valence-corrected chi connectivity index (χ0v) is 11.5. The Kier molecular flexibility index (Phi) is 3.32. The van der Waals surface area contributed by atoms with Crippen LogP contribution in [-0.4, -0.2) is 11.2 Å². The maximum Gasteiger partial charge on any atom is 0.153 e. The van der Waals surface area contributed by atoms with Crippen molar-refractivity contribution in [3.05, 3.63) is 48.4 Å². The predicted octanol–water partition coefficient (Wildman–Crippen LogP) is 4.20. The third-order valence-corrected chi connectivity index (χ3v) is 3.60. The van der Waals surface area contributed by atoms with E-state index in [2.05, 4.69) is 11.1 Å². The molecule has 3 rings (SSSR count). The molecular weight excluding hydrogens is 272 g/mol. The highest BCUT2D eigenvalue weighted by molar-refractivity contribution is 7.98. The van der Waals surface area contributed by atoms with Crippen molar-refractivity contribution < 1.29 is 8.83 Å². The van der Waals surface area contributed by atoms with Crippen molar-refractivity contribution in [1.29, 1.82) is 5.26 Å². The fourth-order valence-electron chi connectivity index (χ4n) is 1.93. The Morgan fingerprint density at radius 1 is 1.15 bits per heavy atom. The summed E-state index contributed by atoms with van der Waals surface area (Å²) in [5, 5.41) is 9.38. The molecule has 3 heterocycles. The SMILES string of the molecule is CSc1cc(-c2ccco2)nc(-c2ccco2)c1C#N. The highest BCUT2D eigenvalue weighted by atomic mass is 32.2. The molecule has 0 amide bonds. The number of furan rings is 2. The van der Waals surface area contributed by atoms with Crippen molar-refractivity contribution in [2.24, 2.45) is 0 Å². The van der Waals surface area contributed by atoms with Crippen LogP contribution in [0.1, 0.15) is 5.56 Å². The first-order valence-corrected chi connectivity index (χ1v) is 7.13. The predicted molar refractivity (Wildman–Crippen MR) is 76.1 cm³/mol. The molecule has 98 valence electrons. The van der Waals surface area contributed by atoms with Gasteiger partial charge in [-0.15, -0.1) is 11.8 Å². The van der Waals surface area contributed by atoms with E-state index in [0.717, 1.165) is 4.90 Å². The second-order valence-corrected chi connectivity index (χ2v) is 4.85. The lowest BCUT2D eigenvalue weighted by Gasteiger charge is -2.07. The van der Waals surface area contributed by atoms with E-state index >= 15 is 0 Å². The van der Waals surface area contributed by atoms with Crippen molar-refractivity contribution in [3.63, 3.8) is 0 Å². The van der Waals surface area contributed by atoms with E-state index in [1.807, 2.05) is 18.4 Å². The van der Waals surface area contributed by atoms with Gasteiger partial charge in [-0.25, -0.2) is 4.98 Å². The largest absolute Gasteiger partial charge is 0.463 e. The first kappa shape index (κ1) is 12.6. The normalized spacial score (nSPS) is 10.4. The minimum Gasteiger partial charge on any atom is -0.463 e. The molecule has 0 radical (unpaired) electrons. The van der Waals surface area contributed by atoms with Gasteiger partial charge in [0.05, 0.1) is 18.1 Å². The van der Waals surface area contributed by atoms with Crippen LogP contribution in [0, 0.1) is 11.3 Å². The van der Waals surface area contributed by atoms with Crippen LogP contribution in [-0.2, 0) is 0 Å². The number of aromatic nitrogens is 1. The molecule has 3 aromatic heterocycles. The molecule has 0 saturated carbocycles. The zero-order valence-electron chi connectivity index (χ0n) is 10.7. The Hall–Kier alpha value is -2.45. The first-order chi connectivity index (χ1) is 9.83. The second-order valence-electron chi connectivity index (χ2n) is 4.00. The van der Waals surface area contributed by atoms with Crippen LogP contribution in [0.3, 0.4) is 0 Å². The van der Waals surface area contributed by atoms with E-state index in [1.165, 1.54) is 11.8 Å². The van der Waals surface area contributed by atoms with E-state index in [9.17, 15) is 5.26 Å². The molecule has 0 aliphatic heterocycles. The van der Waals surface area contributed by atoms with Crippen LogP contribution < -0.4 is 0 Å². The van der Waals surface area contributed by atoms with Crippen LogP contribution >= 0.6 is 11.8 Å². The smallest absolute Gasteiger partial charge is 0.153 e. The summed E-state index contributed by atoms with van der Waals surface area (Å²) in [5.41, 5.74) is 1.74. The Morgan fingerprint density at radius 2 is 1.85 bits per heavy atom. The summed E-state index contributed by atoms with van der Waals surface area (Å²) in [6.07, 6.45) is 5.09. The molecule has 0 aliphatic rings. The van der Waals surface area contributed by atoms with E-state index in [4.69, 9.17) is 8.83 Å². The molecule has 0 fully saturated rings. The molecule has 0 aromatic carbocycles. The van der Waals surface area contributed by atoms with Gasteiger partial charge in [0.15, 0.2) is 11.5 Å². The monoisotopic (exact) mass is 282 g/mol. The lowest BCUT2D eigenvalue weighted by Crippen LogP contribution is -1.94. The summed E-state index contributed by atoms with van der Waals surface area (Å²) in [5.74, 6) is 1.24. The molecule has 0 saturated heterocycles. The number of hydrogen-bond acceptors (Lipinski definition) is 5. The Bertz CT molecular complexity index is 756. The molecule has 0 aliphatic carbocycles.